The van der Waals surface area contributed by atoms with E-state index in [-0.39, 0.29) is 22.4 Å². The molecule has 7 heteroatoms. The first-order valence-electron chi connectivity index (χ1n) is 8.31. The first-order valence-corrected chi connectivity index (χ1v) is 8.72. The summed E-state index contributed by atoms with van der Waals surface area (Å²) in [7, 11) is 0. The minimum atomic E-state index is -0.469. The number of benzene rings is 1. The van der Waals surface area contributed by atoms with Gasteiger partial charge in [-0.25, -0.2) is 0 Å². The highest BCUT2D eigenvalue weighted by molar-refractivity contribution is 7.80. The smallest absolute Gasteiger partial charge is 0.292 e. The van der Waals surface area contributed by atoms with Crippen LogP contribution >= 0.6 is 12.2 Å². The van der Waals surface area contributed by atoms with Gasteiger partial charge in [-0.1, -0.05) is 38.2 Å². The van der Waals surface area contributed by atoms with Gasteiger partial charge in [0, 0.05) is 12.5 Å². The third-order valence-electron chi connectivity index (χ3n) is 4.36. The van der Waals surface area contributed by atoms with Crippen molar-refractivity contribution in [3.05, 3.63) is 33.9 Å². The number of carbonyl (C=O) groups excluding carboxylic acids is 1. The van der Waals surface area contributed by atoms with E-state index in [4.69, 9.17) is 12.2 Å². The van der Waals surface area contributed by atoms with Gasteiger partial charge < -0.3 is 10.6 Å². The third kappa shape index (κ3) is 5.56. The summed E-state index contributed by atoms with van der Waals surface area (Å²) in [5, 5.41) is 16.5. The number of nitrogens with zero attached hydrogens (tertiary/aromatic N) is 1. The average molecular weight is 349 g/mol. The van der Waals surface area contributed by atoms with Crippen LogP contribution in [-0.4, -0.2) is 15.9 Å². The number of nitro groups is 1. The van der Waals surface area contributed by atoms with E-state index in [0.29, 0.717) is 12.3 Å². The molecule has 1 fully saturated rings. The molecule has 0 bridgehead atoms. The molecule has 2 rings (SSSR count). The summed E-state index contributed by atoms with van der Waals surface area (Å²) in [6.45, 7) is 1.78. The lowest BCUT2D eigenvalue weighted by atomic mass is 9.86. The van der Waals surface area contributed by atoms with Crippen molar-refractivity contribution < 1.29 is 9.72 Å². The molecule has 130 valence electrons. The van der Waals surface area contributed by atoms with E-state index in [0.717, 1.165) is 12.0 Å². The molecule has 24 heavy (non-hydrogen) atoms. The third-order valence-corrected chi connectivity index (χ3v) is 4.56. The predicted molar refractivity (Wildman–Crippen MR) is 98.0 cm³/mol. The van der Waals surface area contributed by atoms with Crippen LogP contribution in [0.4, 0.5) is 11.4 Å². The molecule has 1 aromatic carbocycles. The molecular formula is C17H23N3O3S. The van der Waals surface area contributed by atoms with Crippen LogP contribution in [0.15, 0.2) is 18.2 Å². The molecular weight excluding hydrogens is 326 g/mol. The Morgan fingerprint density at radius 2 is 2.04 bits per heavy atom. The monoisotopic (exact) mass is 349 g/mol. The van der Waals surface area contributed by atoms with E-state index in [9.17, 15) is 14.9 Å². The minimum Gasteiger partial charge on any atom is -0.327 e. The zero-order valence-electron chi connectivity index (χ0n) is 13.8. The summed E-state index contributed by atoms with van der Waals surface area (Å²) in [5.41, 5.74) is 1.01. The zero-order chi connectivity index (χ0) is 17.5. The lowest BCUT2D eigenvalue weighted by Gasteiger charge is -2.21. The number of nitrogens with one attached hydrogen (secondary N) is 2. The van der Waals surface area contributed by atoms with E-state index in [1.165, 1.54) is 38.2 Å². The molecule has 0 aliphatic heterocycles. The molecule has 6 nitrogen and oxygen atoms in total. The Kier molecular flexibility index (Phi) is 6.66. The molecule has 0 aromatic heterocycles. The molecule has 0 heterocycles. The molecule has 1 amide bonds. The van der Waals surface area contributed by atoms with Gasteiger partial charge in [-0.2, -0.15) is 0 Å². The Hall–Kier alpha value is -2.02. The normalized spacial score (nSPS) is 14.9. The molecule has 2 N–H and O–H groups in total. The van der Waals surface area contributed by atoms with Gasteiger partial charge in [0.1, 0.15) is 5.69 Å². The van der Waals surface area contributed by atoms with E-state index >= 15 is 0 Å². The van der Waals surface area contributed by atoms with Gasteiger partial charge in [-0.15, -0.1) is 0 Å². The molecule has 0 radical (unpaired) electrons. The minimum absolute atomic E-state index is 0.0613. The number of nitro benzene ring substituents is 1. The number of rotatable bonds is 5. The number of hydrogen-bond acceptors (Lipinski definition) is 4. The van der Waals surface area contributed by atoms with Crippen molar-refractivity contribution in [2.75, 3.05) is 5.32 Å². The number of amides is 1. The molecule has 0 saturated heterocycles. The van der Waals surface area contributed by atoms with E-state index in [2.05, 4.69) is 10.6 Å². The van der Waals surface area contributed by atoms with Crippen molar-refractivity contribution >= 4 is 34.6 Å². The highest BCUT2D eigenvalue weighted by Crippen LogP contribution is 2.27. The zero-order valence-corrected chi connectivity index (χ0v) is 14.7. The van der Waals surface area contributed by atoms with Crippen molar-refractivity contribution in [2.24, 2.45) is 5.92 Å². The Balaban J connectivity index is 1.84. The topological polar surface area (TPSA) is 84.3 Å². The highest BCUT2D eigenvalue weighted by Gasteiger charge is 2.17. The number of carbonyl (C=O) groups is 1. The maximum absolute atomic E-state index is 12.0. The van der Waals surface area contributed by atoms with Crippen molar-refractivity contribution in [1.82, 2.24) is 5.32 Å². The van der Waals surface area contributed by atoms with Crippen molar-refractivity contribution in [2.45, 2.75) is 51.9 Å². The van der Waals surface area contributed by atoms with Crippen LogP contribution in [0, 0.1) is 23.0 Å². The van der Waals surface area contributed by atoms with Crippen molar-refractivity contribution in [1.29, 1.82) is 0 Å². The number of hydrogen-bond donors (Lipinski definition) is 2. The van der Waals surface area contributed by atoms with Crippen molar-refractivity contribution in [3.8, 4) is 0 Å². The quantitative estimate of drug-likeness (QED) is 0.475. The molecule has 1 aromatic rings. The fraction of sp³-hybridized carbons (Fsp3) is 0.529. The lowest BCUT2D eigenvalue weighted by molar-refractivity contribution is -0.383. The van der Waals surface area contributed by atoms with Crippen LogP contribution in [0.3, 0.4) is 0 Å². The Morgan fingerprint density at radius 3 is 2.71 bits per heavy atom. The van der Waals surface area contributed by atoms with Crippen molar-refractivity contribution in [3.63, 3.8) is 0 Å². The number of anilines is 1. The standard InChI is InChI=1S/C17H23N3O3S/c1-12-7-9-14(15(11-12)20(22)23)18-17(24)19-16(21)10-8-13-5-3-2-4-6-13/h7,9,11,13H,2-6,8,10H2,1H3,(H2,18,19,21,24). The largest absolute Gasteiger partial charge is 0.327 e. The SMILES string of the molecule is Cc1ccc(NC(=S)NC(=O)CCC2CCCCC2)c([N+](=O)[O-])c1. The Morgan fingerprint density at radius 1 is 1.33 bits per heavy atom. The van der Waals surface area contributed by atoms with Gasteiger partial charge in [0.15, 0.2) is 5.11 Å². The van der Waals surface area contributed by atoms with Gasteiger partial charge in [0.2, 0.25) is 5.91 Å². The Labute approximate surface area is 147 Å². The highest BCUT2D eigenvalue weighted by atomic mass is 32.1. The van der Waals surface area contributed by atoms with Crippen LogP contribution in [0.5, 0.6) is 0 Å². The fourth-order valence-corrected chi connectivity index (χ4v) is 3.28. The predicted octanol–water partition coefficient (Wildman–Crippen LogP) is 4.08. The molecule has 1 saturated carbocycles. The average Bonchev–Trinajstić information content (AvgIpc) is 2.55. The summed E-state index contributed by atoms with van der Waals surface area (Å²) >= 11 is 5.10. The van der Waals surface area contributed by atoms with Crippen LogP contribution in [0.2, 0.25) is 0 Å². The summed E-state index contributed by atoms with van der Waals surface area (Å²) in [4.78, 5) is 22.6. The van der Waals surface area contributed by atoms with E-state index in [1.54, 1.807) is 19.1 Å². The number of thiocarbonyl (C=S) groups is 1. The van der Waals surface area contributed by atoms with Crippen LogP contribution in [0.25, 0.3) is 0 Å². The molecule has 0 atom stereocenters. The van der Waals surface area contributed by atoms with E-state index in [1.807, 2.05) is 0 Å². The second kappa shape index (κ2) is 8.73. The van der Waals surface area contributed by atoms with Gasteiger partial charge in [-0.05, 0) is 43.1 Å². The second-order valence-electron chi connectivity index (χ2n) is 6.32. The molecule has 1 aliphatic rings. The van der Waals surface area contributed by atoms with Crippen LogP contribution in [0.1, 0.15) is 50.5 Å². The maximum atomic E-state index is 12.0. The van der Waals surface area contributed by atoms with Gasteiger partial charge in [0.05, 0.1) is 4.92 Å². The lowest BCUT2D eigenvalue weighted by Crippen LogP contribution is -2.34. The Bertz CT molecular complexity index is 628. The number of aryl methyl sites for hydroxylation is 1. The molecule has 1 aliphatic carbocycles. The molecule has 0 spiro atoms. The van der Waals surface area contributed by atoms with E-state index < -0.39 is 4.92 Å². The van der Waals surface area contributed by atoms with Gasteiger partial charge in [-0.3, -0.25) is 14.9 Å². The molecule has 0 unspecified atom stereocenters. The first-order chi connectivity index (χ1) is 11.5. The van der Waals surface area contributed by atoms with Gasteiger partial charge in [0.25, 0.3) is 5.69 Å². The van der Waals surface area contributed by atoms with Gasteiger partial charge >= 0.3 is 0 Å². The van der Waals surface area contributed by atoms with Crippen LogP contribution < -0.4 is 10.6 Å². The fourth-order valence-electron chi connectivity index (χ4n) is 3.05. The maximum Gasteiger partial charge on any atom is 0.292 e. The second-order valence-corrected chi connectivity index (χ2v) is 6.73. The summed E-state index contributed by atoms with van der Waals surface area (Å²) in [6, 6.07) is 4.81. The summed E-state index contributed by atoms with van der Waals surface area (Å²) in [5.74, 6) is 0.483. The van der Waals surface area contributed by atoms with Crippen LogP contribution in [-0.2, 0) is 4.79 Å². The summed E-state index contributed by atoms with van der Waals surface area (Å²) in [6.07, 6.45) is 7.51. The summed E-state index contributed by atoms with van der Waals surface area (Å²) < 4.78 is 0. The first kappa shape index (κ1) is 18.3.